The maximum atomic E-state index is 11.5. The van der Waals surface area contributed by atoms with Crippen LogP contribution in [0, 0.1) is 0 Å². The summed E-state index contributed by atoms with van der Waals surface area (Å²) in [5.41, 5.74) is 2.01. The average Bonchev–Trinajstić information content (AvgIpc) is 2.74. The normalized spacial score (nSPS) is 15.7. The van der Waals surface area contributed by atoms with E-state index in [1.807, 2.05) is 48.4 Å². The number of allylic oxidation sites excluding steroid dienone is 1. The molecule has 1 heterocycles. The third-order valence-electron chi connectivity index (χ3n) is 2.72. The second-order valence-corrected chi connectivity index (χ2v) is 3.95. The number of carbonyl (C=O) groups is 1. The van der Waals surface area contributed by atoms with Crippen LogP contribution in [0.4, 0.5) is 5.69 Å². The minimum Gasteiger partial charge on any atom is -0.360 e. The number of benzene rings is 1. The molecule has 3 nitrogen and oxygen atoms in total. The van der Waals surface area contributed by atoms with E-state index in [-0.39, 0.29) is 29.9 Å². The number of hydrogen-bond acceptors (Lipinski definition) is 2. The number of likely N-dealkylation sites (tertiary alicyclic amines) is 1. The first kappa shape index (κ1) is 14.0. The molecule has 17 heavy (non-hydrogen) atoms. The van der Waals surface area contributed by atoms with Crippen LogP contribution in [0.1, 0.15) is 19.8 Å². The van der Waals surface area contributed by atoms with Crippen molar-refractivity contribution < 1.29 is 4.79 Å². The van der Waals surface area contributed by atoms with Crippen LogP contribution < -0.4 is 5.32 Å². The third-order valence-corrected chi connectivity index (χ3v) is 2.72. The molecule has 0 aromatic heterocycles. The van der Waals surface area contributed by atoms with Crippen molar-refractivity contribution in [2.24, 2.45) is 0 Å². The Morgan fingerprint density at radius 1 is 1.35 bits per heavy atom. The van der Waals surface area contributed by atoms with Crippen molar-refractivity contribution in [3.63, 3.8) is 0 Å². The van der Waals surface area contributed by atoms with Crippen molar-refractivity contribution in [3.8, 4) is 0 Å². The predicted molar refractivity (Wildman–Crippen MR) is 80.2 cm³/mol. The lowest BCUT2D eigenvalue weighted by atomic mass is 10.3. The number of halogens is 1. The second kappa shape index (κ2) is 6.64. The summed E-state index contributed by atoms with van der Waals surface area (Å²) in [6.45, 7) is 2.80. The standard InChI is InChI=1S/C13H16N2O.HI/c1-11(15-9-5-8-13(15)16)10-14-12-6-3-2-4-7-12;/h2-4,6-7,10,14H,5,8-9H2,1H3;1H. The highest BCUT2D eigenvalue weighted by Gasteiger charge is 2.20. The zero-order valence-electron chi connectivity index (χ0n) is 9.85. The van der Waals surface area contributed by atoms with Crippen molar-refractivity contribution in [2.45, 2.75) is 19.8 Å². The van der Waals surface area contributed by atoms with Crippen LogP contribution in [0.15, 0.2) is 42.2 Å². The monoisotopic (exact) mass is 344 g/mol. The Bertz CT molecular complexity index is 403. The summed E-state index contributed by atoms with van der Waals surface area (Å²) in [5, 5.41) is 3.19. The summed E-state index contributed by atoms with van der Waals surface area (Å²) in [7, 11) is 0. The van der Waals surface area contributed by atoms with Crippen molar-refractivity contribution >= 4 is 35.6 Å². The molecule has 1 N–H and O–H groups in total. The Balaban J connectivity index is 0.00000144. The summed E-state index contributed by atoms with van der Waals surface area (Å²) >= 11 is 0. The van der Waals surface area contributed by atoms with E-state index in [9.17, 15) is 4.79 Å². The molecule has 92 valence electrons. The van der Waals surface area contributed by atoms with Gasteiger partial charge in [-0.1, -0.05) is 18.2 Å². The molecule has 1 aromatic carbocycles. The quantitative estimate of drug-likeness (QED) is 0.854. The SMILES string of the molecule is CC(=CNc1ccccc1)N1CCCC1=O.I. The van der Waals surface area contributed by atoms with Gasteiger partial charge in [-0.25, -0.2) is 0 Å². The number of amides is 1. The molecule has 2 rings (SSSR count). The molecule has 0 saturated carbocycles. The topological polar surface area (TPSA) is 32.3 Å². The van der Waals surface area contributed by atoms with Gasteiger partial charge in [0.1, 0.15) is 0 Å². The lowest BCUT2D eigenvalue weighted by Gasteiger charge is -2.16. The van der Waals surface area contributed by atoms with E-state index in [1.54, 1.807) is 0 Å². The van der Waals surface area contributed by atoms with Crippen molar-refractivity contribution in [2.75, 3.05) is 11.9 Å². The van der Waals surface area contributed by atoms with E-state index in [4.69, 9.17) is 0 Å². The van der Waals surface area contributed by atoms with Crippen LogP contribution in [-0.2, 0) is 4.79 Å². The molecule has 1 saturated heterocycles. The van der Waals surface area contributed by atoms with Gasteiger partial charge in [0.05, 0.1) is 0 Å². The molecule has 1 fully saturated rings. The van der Waals surface area contributed by atoms with Crippen molar-refractivity contribution in [3.05, 3.63) is 42.2 Å². The summed E-state index contributed by atoms with van der Waals surface area (Å²) in [5.74, 6) is 0.226. The van der Waals surface area contributed by atoms with Crippen LogP contribution >= 0.6 is 24.0 Å². The van der Waals surface area contributed by atoms with Gasteiger partial charge in [0.15, 0.2) is 0 Å². The summed E-state index contributed by atoms with van der Waals surface area (Å²) in [6.07, 6.45) is 3.53. The van der Waals surface area contributed by atoms with E-state index in [1.165, 1.54) is 0 Å². The van der Waals surface area contributed by atoms with Gasteiger partial charge in [0.2, 0.25) is 5.91 Å². The first-order chi connectivity index (χ1) is 7.77. The Morgan fingerprint density at radius 2 is 2.06 bits per heavy atom. The highest BCUT2D eigenvalue weighted by atomic mass is 127. The summed E-state index contributed by atoms with van der Waals surface area (Å²) in [4.78, 5) is 13.3. The molecule has 0 radical (unpaired) electrons. The van der Waals surface area contributed by atoms with Gasteiger partial charge in [-0.15, -0.1) is 24.0 Å². The number of hydrogen-bond donors (Lipinski definition) is 1. The maximum absolute atomic E-state index is 11.5. The molecule has 0 aliphatic carbocycles. The molecule has 0 unspecified atom stereocenters. The molecule has 0 atom stereocenters. The molecule has 0 bridgehead atoms. The fourth-order valence-corrected chi connectivity index (χ4v) is 1.82. The van der Waals surface area contributed by atoms with Crippen LogP contribution in [0.2, 0.25) is 0 Å². The number of carbonyl (C=O) groups excluding carboxylic acids is 1. The highest BCUT2D eigenvalue weighted by molar-refractivity contribution is 14.0. The molecule has 1 amide bonds. The fourth-order valence-electron chi connectivity index (χ4n) is 1.82. The number of para-hydroxylation sites is 1. The highest BCUT2D eigenvalue weighted by Crippen LogP contribution is 2.16. The lowest BCUT2D eigenvalue weighted by molar-refractivity contribution is -0.126. The predicted octanol–water partition coefficient (Wildman–Crippen LogP) is 3.20. The first-order valence-electron chi connectivity index (χ1n) is 5.56. The van der Waals surface area contributed by atoms with E-state index in [0.29, 0.717) is 6.42 Å². The lowest BCUT2D eigenvalue weighted by Crippen LogP contribution is -2.22. The Kier molecular flexibility index (Phi) is 5.47. The van der Waals surface area contributed by atoms with Gasteiger partial charge < -0.3 is 10.2 Å². The Labute approximate surface area is 119 Å². The number of nitrogens with zero attached hydrogens (tertiary/aromatic N) is 1. The van der Waals surface area contributed by atoms with Gasteiger partial charge in [-0.05, 0) is 25.5 Å². The largest absolute Gasteiger partial charge is 0.360 e. The van der Waals surface area contributed by atoms with E-state index >= 15 is 0 Å². The molecule has 1 aliphatic heterocycles. The average molecular weight is 344 g/mol. The summed E-state index contributed by atoms with van der Waals surface area (Å²) in [6, 6.07) is 9.93. The molecule has 0 spiro atoms. The van der Waals surface area contributed by atoms with Crippen LogP contribution in [0.5, 0.6) is 0 Å². The van der Waals surface area contributed by atoms with Crippen LogP contribution in [-0.4, -0.2) is 17.4 Å². The van der Waals surface area contributed by atoms with Gasteiger partial charge in [-0.2, -0.15) is 0 Å². The van der Waals surface area contributed by atoms with Crippen molar-refractivity contribution in [1.82, 2.24) is 4.90 Å². The first-order valence-corrected chi connectivity index (χ1v) is 5.56. The van der Waals surface area contributed by atoms with Crippen LogP contribution in [0.3, 0.4) is 0 Å². The molecular formula is C13H17IN2O. The molecule has 1 aliphatic rings. The Hall–Kier alpha value is -1.04. The third kappa shape index (κ3) is 3.73. The van der Waals surface area contributed by atoms with Gasteiger partial charge in [0.25, 0.3) is 0 Å². The minimum atomic E-state index is 0. The van der Waals surface area contributed by atoms with E-state index in [0.717, 1.165) is 24.4 Å². The molecular weight excluding hydrogens is 327 g/mol. The van der Waals surface area contributed by atoms with Gasteiger partial charge in [0, 0.05) is 30.5 Å². The maximum Gasteiger partial charge on any atom is 0.226 e. The number of nitrogens with one attached hydrogen (secondary N) is 1. The van der Waals surface area contributed by atoms with Gasteiger partial charge in [-0.3, -0.25) is 4.79 Å². The van der Waals surface area contributed by atoms with E-state index < -0.39 is 0 Å². The zero-order valence-corrected chi connectivity index (χ0v) is 12.2. The van der Waals surface area contributed by atoms with Crippen molar-refractivity contribution in [1.29, 1.82) is 0 Å². The van der Waals surface area contributed by atoms with Crippen LogP contribution in [0.25, 0.3) is 0 Å². The zero-order chi connectivity index (χ0) is 11.4. The minimum absolute atomic E-state index is 0. The molecule has 1 aromatic rings. The smallest absolute Gasteiger partial charge is 0.226 e. The second-order valence-electron chi connectivity index (χ2n) is 3.95. The fraction of sp³-hybridized carbons (Fsp3) is 0.308. The molecule has 4 heteroatoms. The number of anilines is 1. The van der Waals surface area contributed by atoms with E-state index in [2.05, 4.69) is 5.32 Å². The number of rotatable bonds is 3. The van der Waals surface area contributed by atoms with Gasteiger partial charge >= 0.3 is 0 Å². The Morgan fingerprint density at radius 3 is 2.65 bits per heavy atom. The summed E-state index contributed by atoms with van der Waals surface area (Å²) < 4.78 is 0.